The predicted octanol–water partition coefficient (Wildman–Crippen LogP) is 2.75. The zero-order valence-electron chi connectivity index (χ0n) is 20.6. The van der Waals surface area contributed by atoms with Gasteiger partial charge in [-0.25, -0.2) is 22.9 Å². The Kier molecular flexibility index (Phi) is 8.96. The second-order valence-corrected chi connectivity index (χ2v) is 9.85. The molecule has 37 heavy (non-hydrogen) atoms. The Labute approximate surface area is 215 Å². The molecule has 0 atom stereocenters. The smallest absolute Gasteiger partial charge is 0.357 e. The Bertz CT molecular complexity index is 1390. The average Bonchev–Trinajstić information content (AvgIpc) is 2.88. The summed E-state index contributed by atoms with van der Waals surface area (Å²) < 4.78 is 37.8. The summed E-state index contributed by atoms with van der Waals surface area (Å²) >= 11 is 0. The molecule has 0 bridgehead atoms. The minimum Gasteiger partial charge on any atom is -0.496 e. The highest BCUT2D eigenvalue weighted by molar-refractivity contribution is 7.90. The van der Waals surface area contributed by atoms with Crippen molar-refractivity contribution in [1.82, 2.24) is 15.0 Å². The molecule has 3 rings (SSSR count). The van der Waals surface area contributed by atoms with E-state index in [1.54, 1.807) is 21.0 Å². The van der Waals surface area contributed by atoms with Crippen molar-refractivity contribution in [3.8, 4) is 5.75 Å². The molecular weight excluding hydrogens is 498 g/mol. The molecule has 10 nitrogen and oxygen atoms in total. The van der Waals surface area contributed by atoms with Crippen LogP contribution in [0.3, 0.4) is 0 Å². The number of hydrogen-bond donors (Lipinski definition) is 2. The second kappa shape index (κ2) is 12.1. The fourth-order valence-corrected chi connectivity index (χ4v) is 4.31. The molecule has 0 aliphatic rings. The van der Waals surface area contributed by atoms with E-state index in [4.69, 9.17) is 9.47 Å². The van der Waals surface area contributed by atoms with Gasteiger partial charge in [0.1, 0.15) is 11.4 Å². The highest BCUT2D eigenvalue weighted by Crippen LogP contribution is 2.17. The van der Waals surface area contributed by atoms with E-state index in [1.807, 2.05) is 29.0 Å². The summed E-state index contributed by atoms with van der Waals surface area (Å²) in [6.45, 7) is 3.68. The first kappa shape index (κ1) is 27.3. The van der Waals surface area contributed by atoms with E-state index in [-0.39, 0.29) is 27.8 Å². The fraction of sp³-hybridized carbons (Fsp3) is 0.231. The van der Waals surface area contributed by atoms with Crippen LogP contribution in [0.5, 0.6) is 5.75 Å². The van der Waals surface area contributed by atoms with Crippen molar-refractivity contribution in [2.45, 2.75) is 31.3 Å². The van der Waals surface area contributed by atoms with Gasteiger partial charge in [-0.05, 0) is 62.2 Å². The number of para-hydroxylation sites is 1. The van der Waals surface area contributed by atoms with E-state index in [0.29, 0.717) is 18.7 Å². The highest BCUT2D eigenvalue weighted by Gasteiger charge is 2.21. The Hall–Kier alpha value is -4.25. The Morgan fingerprint density at radius 3 is 2.38 bits per heavy atom. The number of rotatable bonds is 10. The minimum absolute atomic E-state index is 0.0162. The average molecular weight is 526 g/mol. The Morgan fingerprint density at radius 1 is 0.946 bits per heavy atom. The standard InChI is InChI=1S/C26H27N3O7S/c1-17(2)36-26(32)22-12-11-20(16-28-22)25(31)29-37(33,34)21-9-6-8-19(15-21)24(30)27-14-13-18-7-4-5-10-23(18)35-3/h4-12,15-17H,13-14H2,1-3H3,(H,27,30)(H,29,31). The van der Waals surface area contributed by atoms with Crippen molar-refractivity contribution < 1.29 is 32.3 Å². The summed E-state index contributed by atoms with van der Waals surface area (Å²) in [6, 6.07) is 15.3. The normalized spacial score (nSPS) is 11.0. The van der Waals surface area contributed by atoms with Gasteiger partial charge in [0.25, 0.3) is 21.8 Å². The maximum absolute atomic E-state index is 12.8. The molecule has 0 saturated heterocycles. The topological polar surface area (TPSA) is 141 Å². The van der Waals surface area contributed by atoms with E-state index in [0.717, 1.165) is 11.8 Å². The van der Waals surface area contributed by atoms with Crippen molar-refractivity contribution in [1.29, 1.82) is 0 Å². The number of hydrogen-bond acceptors (Lipinski definition) is 8. The number of carbonyl (C=O) groups excluding carboxylic acids is 3. The lowest BCUT2D eigenvalue weighted by atomic mass is 10.1. The van der Waals surface area contributed by atoms with Crippen LogP contribution in [0.2, 0.25) is 0 Å². The number of amides is 2. The Morgan fingerprint density at radius 2 is 1.70 bits per heavy atom. The first-order valence-electron chi connectivity index (χ1n) is 11.3. The molecule has 194 valence electrons. The number of carbonyl (C=O) groups is 3. The van der Waals surface area contributed by atoms with E-state index < -0.39 is 27.8 Å². The van der Waals surface area contributed by atoms with Gasteiger partial charge >= 0.3 is 5.97 Å². The summed E-state index contributed by atoms with van der Waals surface area (Å²) in [5, 5.41) is 2.75. The molecule has 1 aromatic heterocycles. The summed E-state index contributed by atoms with van der Waals surface area (Å²) in [4.78, 5) is 40.6. The van der Waals surface area contributed by atoms with Crippen molar-refractivity contribution >= 4 is 27.8 Å². The SMILES string of the molecule is COc1ccccc1CCNC(=O)c1cccc(S(=O)(=O)NC(=O)c2ccc(C(=O)OC(C)C)nc2)c1. The van der Waals surface area contributed by atoms with E-state index in [1.165, 1.54) is 36.4 Å². The molecular formula is C26H27N3O7S. The lowest BCUT2D eigenvalue weighted by Gasteiger charge is -2.11. The lowest BCUT2D eigenvalue weighted by Crippen LogP contribution is -2.31. The monoisotopic (exact) mass is 525 g/mol. The molecule has 1 heterocycles. The van der Waals surface area contributed by atoms with Crippen LogP contribution in [0.1, 0.15) is 50.6 Å². The third kappa shape index (κ3) is 7.37. The van der Waals surface area contributed by atoms with E-state index in [9.17, 15) is 22.8 Å². The fourth-order valence-electron chi connectivity index (χ4n) is 3.29. The molecule has 2 aromatic carbocycles. The number of aromatic nitrogens is 1. The number of methoxy groups -OCH3 is 1. The van der Waals surface area contributed by atoms with E-state index in [2.05, 4.69) is 10.3 Å². The number of nitrogens with zero attached hydrogens (tertiary/aromatic N) is 1. The molecule has 0 aliphatic heterocycles. The molecule has 0 aliphatic carbocycles. The molecule has 0 radical (unpaired) electrons. The number of nitrogens with one attached hydrogen (secondary N) is 2. The van der Waals surface area contributed by atoms with Crippen LogP contribution in [0, 0.1) is 0 Å². The molecule has 0 unspecified atom stereocenters. The van der Waals surface area contributed by atoms with Crippen LogP contribution in [0.15, 0.2) is 71.8 Å². The van der Waals surface area contributed by atoms with Gasteiger partial charge in [-0.3, -0.25) is 9.59 Å². The van der Waals surface area contributed by atoms with Gasteiger partial charge in [-0.15, -0.1) is 0 Å². The van der Waals surface area contributed by atoms with Crippen LogP contribution in [-0.4, -0.2) is 50.9 Å². The quantitative estimate of drug-likeness (QED) is 0.385. The van der Waals surface area contributed by atoms with E-state index >= 15 is 0 Å². The van der Waals surface area contributed by atoms with Crippen LogP contribution < -0.4 is 14.8 Å². The third-order valence-electron chi connectivity index (χ3n) is 5.08. The number of benzene rings is 2. The third-order valence-corrected chi connectivity index (χ3v) is 6.41. The van der Waals surface area contributed by atoms with Gasteiger partial charge in [0.15, 0.2) is 0 Å². The van der Waals surface area contributed by atoms with Gasteiger partial charge in [0.2, 0.25) is 0 Å². The van der Waals surface area contributed by atoms with Gasteiger partial charge in [0, 0.05) is 18.3 Å². The maximum atomic E-state index is 12.8. The summed E-state index contributed by atoms with van der Waals surface area (Å²) in [5.41, 5.74) is 0.946. The number of ether oxygens (including phenoxy) is 2. The summed E-state index contributed by atoms with van der Waals surface area (Å²) in [6.07, 6.45) is 1.26. The van der Waals surface area contributed by atoms with Crippen LogP contribution >= 0.6 is 0 Å². The van der Waals surface area contributed by atoms with Crippen LogP contribution in [-0.2, 0) is 21.2 Å². The van der Waals surface area contributed by atoms with Crippen molar-refractivity contribution in [2.75, 3.05) is 13.7 Å². The van der Waals surface area contributed by atoms with Crippen molar-refractivity contribution in [3.05, 3.63) is 89.2 Å². The van der Waals surface area contributed by atoms with Gasteiger partial charge in [-0.1, -0.05) is 24.3 Å². The van der Waals surface area contributed by atoms with Crippen molar-refractivity contribution in [3.63, 3.8) is 0 Å². The molecule has 0 fully saturated rings. The number of esters is 1. The maximum Gasteiger partial charge on any atom is 0.357 e. The zero-order chi connectivity index (χ0) is 27.0. The van der Waals surface area contributed by atoms with Crippen LogP contribution in [0.25, 0.3) is 0 Å². The largest absolute Gasteiger partial charge is 0.496 e. The van der Waals surface area contributed by atoms with Crippen molar-refractivity contribution in [2.24, 2.45) is 0 Å². The zero-order valence-corrected chi connectivity index (χ0v) is 21.4. The second-order valence-electron chi connectivity index (χ2n) is 8.17. The molecule has 2 N–H and O–H groups in total. The lowest BCUT2D eigenvalue weighted by molar-refractivity contribution is 0.0370. The molecule has 11 heteroatoms. The van der Waals surface area contributed by atoms with Gasteiger partial charge < -0.3 is 14.8 Å². The predicted molar refractivity (Wildman–Crippen MR) is 135 cm³/mol. The van der Waals surface area contributed by atoms with Crippen LogP contribution in [0.4, 0.5) is 0 Å². The van der Waals surface area contributed by atoms with Gasteiger partial charge in [-0.2, -0.15) is 0 Å². The minimum atomic E-state index is -4.29. The molecule has 0 saturated carbocycles. The number of pyridine rings is 1. The molecule has 2 amide bonds. The summed E-state index contributed by atoms with van der Waals surface area (Å²) in [7, 11) is -2.73. The first-order chi connectivity index (χ1) is 17.6. The summed E-state index contributed by atoms with van der Waals surface area (Å²) in [5.74, 6) is -1.36. The molecule has 3 aromatic rings. The Balaban J connectivity index is 1.64. The number of sulfonamides is 1. The van der Waals surface area contributed by atoms with Gasteiger partial charge in [0.05, 0.1) is 23.7 Å². The molecule has 0 spiro atoms. The highest BCUT2D eigenvalue weighted by atomic mass is 32.2. The first-order valence-corrected chi connectivity index (χ1v) is 12.8.